The summed E-state index contributed by atoms with van der Waals surface area (Å²) in [5.74, 6) is 1.08. The lowest BCUT2D eigenvalue weighted by Gasteiger charge is -2.36. The Morgan fingerprint density at radius 3 is 2.74 bits per heavy atom. The number of piperazine rings is 1. The zero-order valence-corrected chi connectivity index (χ0v) is 16.7. The summed E-state index contributed by atoms with van der Waals surface area (Å²) in [6, 6.07) is 7.51. The Balaban J connectivity index is 1.51. The van der Waals surface area contributed by atoms with Gasteiger partial charge in [0.1, 0.15) is 0 Å². The standard InChI is InChI=1S/C20H29ClN4O2/c1-2-22-20(23-15-18-7-4-12-27-18)25-10-8-24(9-11-25)19(26)14-16-5-3-6-17(21)13-16/h3,5-6,13,18H,2,4,7-12,14-15H2,1H3,(H,22,23). The Bertz CT molecular complexity index is 653. The van der Waals surface area contributed by atoms with Crippen molar-refractivity contribution in [2.24, 2.45) is 4.99 Å². The smallest absolute Gasteiger partial charge is 0.227 e. The number of benzene rings is 1. The molecule has 1 aromatic carbocycles. The summed E-state index contributed by atoms with van der Waals surface area (Å²) in [5.41, 5.74) is 0.960. The lowest BCUT2D eigenvalue weighted by atomic mass is 10.1. The molecule has 27 heavy (non-hydrogen) atoms. The molecule has 3 rings (SSSR count). The molecule has 0 bridgehead atoms. The molecule has 2 aliphatic heterocycles. The van der Waals surface area contributed by atoms with E-state index in [1.165, 1.54) is 0 Å². The molecular formula is C20H29ClN4O2. The molecule has 1 N–H and O–H groups in total. The Hall–Kier alpha value is -1.79. The third-order valence-corrected chi connectivity index (χ3v) is 5.21. The third-order valence-electron chi connectivity index (χ3n) is 4.98. The summed E-state index contributed by atoms with van der Waals surface area (Å²) in [4.78, 5) is 21.5. The van der Waals surface area contributed by atoms with Gasteiger partial charge in [0.05, 0.1) is 19.1 Å². The van der Waals surface area contributed by atoms with E-state index in [4.69, 9.17) is 21.3 Å². The Morgan fingerprint density at radius 1 is 1.30 bits per heavy atom. The van der Waals surface area contributed by atoms with Crippen LogP contribution in [0.1, 0.15) is 25.3 Å². The van der Waals surface area contributed by atoms with E-state index in [9.17, 15) is 4.79 Å². The summed E-state index contributed by atoms with van der Waals surface area (Å²) in [7, 11) is 0. The molecule has 1 unspecified atom stereocenters. The molecule has 2 heterocycles. The van der Waals surface area contributed by atoms with Gasteiger partial charge in [0.2, 0.25) is 5.91 Å². The molecule has 0 radical (unpaired) electrons. The quantitative estimate of drug-likeness (QED) is 0.616. The fraction of sp³-hybridized carbons (Fsp3) is 0.600. The van der Waals surface area contributed by atoms with Crippen molar-refractivity contribution in [2.45, 2.75) is 32.3 Å². The number of nitrogens with zero attached hydrogens (tertiary/aromatic N) is 3. The number of rotatable bonds is 5. The second kappa shape index (κ2) is 9.95. The maximum atomic E-state index is 12.6. The van der Waals surface area contributed by atoms with E-state index < -0.39 is 0 Å². The topological polar surface area (TPSA) is 57.2 Å². The van der Waals surface area contributed by atoms with Crippen LogP contribution in [-0.2, 0) is 16.0 Å². The summed E-state index contributed by atoms with van der Waals surface area (Å²) in [6.45, 7) is 7.47. The number of amides is 1. The molecule has 2 fully saturated rings. The van der Waals surface area contributed by atoms with Crippen LogP contribution in [-0.4, -0.2) is 73.6 Å². The molecule has 1 aromatic rings. The second-order valence-corrected chi connectivity index (χ2v) is 7.44. The van der Waals surface area contributed by atoms with E-state index in [1.807, 2.05) is 29.2 Å². The molecule has 6 nitrogen and oxygen atoms in total. The van der Waals surface area contributed by atoms with Crippen LogP contribution in [0.15, 0.2) is 29.3 Å². The van der Waals surface area contributed by atoms with Gasteiger partial charge in [0.15, 0.2) is 5.96 Å². The van der Waals surface area contributed by atoms with E-state index >= 15 is 0 Å². The van der Waals surface area contributed by atoms with Gasteiger partial charge >= 0.3 is 0 Å². The molecular weight excluding hydrogens is 364 g/mol. The number of halogens is 1. The Morgan fingerprint density at radius 2 is 2.07 bits per heavy atom. The maximum Gasteiger partial charge on any atom is 0.227 e. The molecule has 148 valence electrons. The predicted octanol–water partition coefficient (Wildman–Crippen LogP) is 2.17. The minimum absolute atomic E-state index is 0.151. The van der Waals surface area contributed by atoms with Gasteiger partial charge in [-0.15, -0.1) is 0 Å². The number of carbonyl (C=O) groups is 1. The van der Waals surface area contributed by atoms with E-state index in [0.29, 0.717) is 31.1 Å². The number of nitrogens with one attached hydrogen (secondary N) is 1. The number of ether oxygens (including phenoxy) is 1. The van der Waals surface area contributed by atoms with Crippen LogP contribution < -0.4 is 5.32 Å². The van der Waals surface area contributed by atoms with E-state index in [-0.39, 0.29) is 12.0 Å². The van der Waals surface area contributed by atoms with Crippen LogP contribution in [0.25, 0.3) is 0 Å². The zero-order valence-electron chi connectivity index (χ0n) is 16.0. The first kappa shape index (κ1) is 20.0. The average molecular weight is 393 g/mol. The minimum Gasteiger partial charge on any atom is -0.376 e. The van der Waals surface area contributed by atoms with Gasteiger partial charge in [0.25, 0.3) is 0 Å². The lowest BCUT2D eigenvalue weighted by Crippen LogP contribution is -2.54. The van der Waals surface area contributed by atoms with Crippen molar-refractivity contribution in [1.82, 2.24) is 15.1 Å². The van der Waals surface area contributed by atoms with Gasteiger partial charge in [0, 0.05) is 44.4 Å². The number of hydrogen-bond donors (Lipinski definition) is 1. The minimum atomic E-state index is 0.151. The monoisotopic (exact) mass is 392 g/mol. The van der Waals surface area contributed by atoms with E-state index in [0.717, 1.165) is 50.6 Å². The highest BCUT2D eigenvalue weighted by Crippen LogP contribution is 2.14. The van der Waals surface area contributed by atoms with E-state index in [1.54, 1.807) is 0 Å². The van der Waals surface area contributed by atoms with Crippen LogP contribution >= 0.6 is 11.6 Å². The molecule has 7 heteroatoms. The molecule has 1 amide bonds. The van der Waals surface area contributed by atoms with Crippen molar-refractivity contribution in [3.05, 3.63) is 34.9 Å². The largest absolute Gasteiger partial charge is 0.376 e. The molecule has 1 atom stereocenters. The molecule has 0 spiro atoms. The van der Waals surface area contributed by atoms with Gasteiger partial charge in [-0.25, -0.2) is 0 Å². The maximum absolute atomic E-state index is 12.6. The molecule has 0 aliphatic carbocycles. The summed E-state index contributed by atoms with van der Waals surface area (Å²) in [6.07, 6.45) is 2.87. The summed E-state index contributed by atoms with van der Waals surface area (Å²) in [5, 5.41) is 4.04. The normalized spacial score (nSPS) is 20.8. The van der Waals surface area contributed by atoms with Crippen LogP contribution in [0.3, 0.4) is 0 Å². The lowest BCUT2D eigenvalue weighted by molar-refractivity contribution is -0.131. The van der Waals surface area contributed by atoms with Gasteiger partial charge in [-0.3, -0.25) is 9.79 Å². The average Bonchev–Trinajstić information content (AvgIpc) is 3.19. The summed E-state index contributed by atoms with van der Waals surface area (Å²) < 4.78 is 5.67. The summed E-state index contributed by atoms with van der Waals surface area (Å²) >= 11 is 6.01. The van der Waals surface area contributed by atoms with Crippen molar-refractivity contribution in [3.8, 4) is 0 Å². The highest BCUT2D eigenvalue weighted by molar-refractivity contribution is 6.30. The van der Waals surface area contributed by atoms with Crippen LogP contribution in [0.2, 0.25) is 5.02 Å². The van der Waals surface area contributed by atoms with Gasteiger partial charge < -0.3 is 19.9 Å². The first-order valence-electron chi connectivity index (χ1n) is 9.83. The second-order valence-electron chi connectivity index (χ2n) is 7.00. The molecule has 2 aliphatic rings. The number of hydrogen-bond acceptors (Lipinski definition) is 3. The van der Waals surface area contributed by atoms with Gasteiger partial charge in [-0.05, 0) is 37.5 Å². The molecule has 2 saturated heterocycles. The Kier molecular flexibility index (Phi) is 7.35. The van der Waals surface area contributed by atoms with Crippen molar-refractivity contribution >= 4 is 23.5 Å². The van der Waals surface area contributed by atoms with Crippen molar-refractivity contribution in [2.75, 3.05) is 45.9 Å². The fourth-order valence-corrected chi connectivity index (χ4v) is 3.72. The SMILES string of the molecule is CCNC(=NCC1CCCO1)N1CCN(C(=O)Cc2cccc(Cl)c2)CC1. The van der Waals surface area contributed by atoms with Crippen molar-refractivity contribution in [1.29, 1.82) is 0 Å². The fourth-order valence-electron chi connectivity index (χ4n) is 3.50. The zero-order chi connectivity index (χ0) is 19.1. The highest BCUT2D eigenvalue weighted by Gasteiger charge is 2.23. The first-order chi connectivity index (χ1) is 13.2. The molecule has 0 aromatic heterocycles. The predicted molar refractivity (Wildman–Crippen MR) is 108 cm³/mol. The van der Waals surface area contributed by atoms with Crippen molar-refractivity contribution in [3.63, 3.8) is 0 Å². The van der Waals surface area contributed by atoms with Crippen LogP contribution in [0, 0.1) is 0 Å². The van der Waals surface area contributed by atoms with Gasteiger partial charge in [-0.1, -0.05) is 23.7 Å². The van der Waals surface area contributed by atoms with Crippen LogP contribution in [0.4, 0.5) is 0 Å². The van der Waals surface area contributed by atoms with Crippen molar-refractivity contribution < 1.29 is 9.53 Å². The number of guanidine groups is 1. The number of aliphatic imine (C=N–C) groups is 1. The van der Waals surface area contributed by atoms with E-state index in [2.05, 4.69) is 17.1 Å². The Labute approximate surface area is 166 Å². The highest BCUT2D eigenvalue weighted by atomic mass is 35.5. The first-order valence-corrected chi connectivity index (χ1v) is 10.2. The van der Waals surface area contributed by atoms with Gasteiger partial charge in [-0.2, -0.15) is 0 Å². The van der Waals surface area contributed by atoms with Crippen LogP contribution in [0.5, 0.6) is 0 Å². The number of carbonyl (C=O) groups excluding carboxylic acids is 1. The third kappa shape index (κ3) is 5.84. The molecule has 0 saturated carbocycles.